The van der Waals surface area contributed by atoms with Crippen LogP contribution < -0.4 is 5.32 Å². The van der Waals surface area contributed by atoms with Crippen molar-refractivity contribution in [3.63, 3.8) is 0 Å². The molecule has 5 heteroatoms. The Morgan fingerprint density at radius 2 is 1.82 bits per heavy atom. The molecule has 0 spiro atoms. The first kappa shape index (κ1) is 22.4. The molecule has 0 amide bonds. The Morgan fingerprint density at radius 1 is 1.11 bits per heavy atom. The number of benzene rings is 1. The number of rotatable bonds is 11. The Hall–Kier alpha value is -1.85. The second kappa shape index (κ2) is 13.3. The summed E-state index contributed by atoms with van der Waals surface area (Å²) in [6.45, 7) is 12.8. The van der Waals surface area contributed by atoms with Crippen LogP contribution in [0.5, 0.6) is 0 Å². The van der Waals surface area contributed by atoms with Crippen LogP contribution in [-0.2, 0) is 6.54 Å². The molecule has 1 aromatic rings. The Labute approximate surface area is 172 Å². The molecule has 0 radical (unpaired) electrons. The van der Waals surface area contributed by atoms with Crippen LogP contribution in [-0.4, -0.2) is 80.6 Å². The standard InChI is InChI=1S/C23H39N5/c1-4-5-10-15-26(3)23(24-2)25-14-9-11-16-27-17-19-28(20-18-27)21-22-12-7-6-8-13-22/h4,6-8,12-13H,1,5,9-11,14-21H2,2-3H3,(H,24,25). The fourth-order valence-corrected chi connectivity index (χ4v) is 3.64. The Balaban J connectivity index is 1.53. The van der Waals surface area contributed by atoms with Crippen LogP contribution in [0.15, 0.2) is 48.0 Å². The number of unbranched alkanes of at least 4 members (excludes halogenated alkanes) is 2. The van der Waals surface area contributed by atoms with Gasteiger partial charge in [-0.05, 0) is 37.8 Å². The van der Waals surface area contributed by atoms with E-state index in [0.717, 1.165) is 38.4 Å². The molecule has 1 fully saturated rings. The van der Waals surface area contributed by atoms with E-state index in [0.29, 0.717) is 0 Å². The summed E-state index contributed by atoms with van der Waals surface area (Å²) < 4.78 is 0. The van der Waals surface area contributed by atoms with Crippen LogP contribution in [0.25, 0.3) is 0 Å². The van der Waals surface area contributed by atoms with Gasteiger partial charge in [-0.2, -0.15) is 0 Å². The first-order chi connectivity index (χ1) is 13.7. The summed E-state index contributed by atoms with van der Waals surface area (Å²) in [4.78, 5) is 11.8. The van der Waals surface area contributed by atoms with Crippen LogP contribution in [0.4, 0.5) is 0 Å². The van der Waals surface area contributed by atoms with Crippen molar-refractivity contribution in [1.82, 2.24) is 20.0 Å². The quantitative estimate of drug-likeness (QED) is 0.275. The summed E-state index contributed by atoms with van der Waals surface area (Å²) in [6.07, 6.45) is 6.58. The van der Waals surface area contributed by atoms with E-state index in [-0.39, 0.29) is 0 Å². The van der Waals surface area contributed by atoms with Gasteiger partial charge in [0.25, 0.3) is 0 Å². The lowest BCUT2D eigenvalue weighted by Crippen LogP contribution is -2.46. The lowest BCUT2D eigenvalue weighted by Gasteiger charge is -2.34. The van der Waals surface area contributed by atoms with E-state index < -0.39 is 0 Å². The highest BCUT2D eigenvalue weighted by Gasteiger charge is 2.16. The van der Waals surface area contributed by atoms with Crippen molar-refractivity contribution in [2.24, 2.45) is 4.99 Å². The van der Waals surface area contributed by atoms with Crippen LogP contribution in [0.1, 0.15) is 31.2 Å². The first-order valence-electron chi connectivity index (χ1n) is 10.7. The Kier molecular flexibility index (Phi) is 10.7. The summed E-state index contributed by atoms with van der Waals surface area (Å²) in [5.41, 5.74) is 1.42. The second-order valence-corrected chi connectivity index (χ2v) is 7.64. The monoisotopic (exact) mass is 385 g/mol. The predicted molar refractivity (Wildman–Crippen MR) is 121 cm³/mol. The number of aliphatic imine (C=N–C) groups is 1. The number of hydrogen-bond acceptors (Lipinski definition) is 3. The fraction of sp³-hybridized carbons (Fsp3) is 0.609. The largest absolute Gasteiger partial charge is 0.356 e. The third-order valence-electron chi connectivity index (χ3n) is 5.37. The van der Waals surface area contributed by atoms with E-state index >= 15 is 0 Å². The molecule has 1 aromatic carbocycles. The minimum absolute atomic E-state index is 0.993. The minimum atomic E-state index is 0.993. The highest BCUT2D eigenvalue weighted by Crippen LogP contribution is 2.09. The van der Waals surface area contributed by atoms with E-state index in [1.165, 1.54) is 51.1 Å². The predicted octanol–water partition coefficient (Wildman–Crippen LogP) is 3.06. The van der Waals surface area contributed by atoms with Gasteiger partial charge >= 0.3 is 0 Å². The van der Waals surface area contributed by atoms with Crippen molar-refractivity contribution in [3.8, 4) is 0 Å². The molecule has 0 atom stereocenters. The van der Waals surface area contributed by atoms with Gasteiger partial charge in [0.15, 0.2) is 5.96 Å². The molecular weight excluding hydrogens is 346 g/mol. The first-order valence-corrected chi connectivity index (χ1v) is 10.7. The zero-order valence-electron chi connectivity index (χ0n) is 17.9. The van der Waals surface area contributed by atoms with E-state index in [2.05, 4.69) is 69.0 Å². The maximum absolute atomic E-state index is 4.39. The zero-order valence-corrected chi connectivity index (χ0v) is 17.9. The van der Waals surface area contributed by atoms with Gasteiger partial charge in [-0.3, -0.25) is 9.89 Å². The topological polar surface area (TPSA) is 34.1 Å². The molecule has 1 N–H and O–H groups in total. The summed E-state index contributed by atoms with van der Waals surface area (Å²) >= 11 is 0. The minimum Gasteiger partial charge on any atom is -0.356 e. The zero-order chi connectivity index (χ0) is 20.0. The molecule has 0 unspecified atom stereocenters. The maximum atomic E-state index is 4.39. The molecule has 5 nitrogen and oxygen atoms in total. The normalized spacial score (nSPS) is 16.1. The average Bonchev–Trinajstić information content (AvgIpc) is 2.73. The van der Waals surface area contributed by atoms with Gasteiger partial charge in [0.1, 0.15) is 0 Å². The number of nitrogens with zero attached hydrogens (tertiary/aromatic N) is 4. The molecular formula is C23H39N5. The molecule has 2 rings (SSSR count). The van der Waals surface area contributed by atoms with Gasteiger partial charge in [0, 0.05) is 59.9 Å². The number of allylic oxidation sites excluding steroid dienone is 1. The third-order valence-corrected chi connectivity index (χ3v) is 5.37. The Morgan fingerprint density at radius 3 is 2.50 bits per heavy atom. The Bertz CT molecular complexity index is 564. The summed E-state index contributed by atoms with van der Waals surface area (Å²) in [6, 6.07) is 10.8. The highest BCUT2D eigenvalue weighted by atomic mass is 15.3. The SMILES string of the molecule is C=CCCCN(C)C(=NC)NCCCCN1CCN(Cc2ccccc2)CC1. The highest BCUT2D eigenvalue weighted by molar-refractivity contribution is 5.79. The van der Waals surface area contributed by atoms with E-state index in [9.17, 15) is 0 Å². The van der Waals surface area contributed by atoms with Gasteiger partial charge < -0.3 is 15.1 Å². The smallest absolute Gasteiger partial charge is 0.193 e. The van der Waals surface area contributed by atoms with E-state index in [1.54, 1.807) is 0 Å². The van der Waals surface area contributed by atoms with Gasteiger partial charge in [0.2, 0.25) is 0 Å². The van der Waals surface area contributed by atoms with Gasteiger partial charge in [-0.1, -0.05) is 36.4 Å². The summed E-state index contributed by atoms with van der Waals surface area (Å²) in [7, 11) is 3.97. The van der Waals surface area contributed by atoms with Gasteiger partial charge in [-0.25, -0.2) is 0 Å². The molecule has 0 aromatic heterocycles. The molecule has 0 aliphatic carbocycles. The van der Waals surface area contributed by atoms with E-state index in [4.69, 9.17) is 0 Å². The number of hydrogen-bond donors (Lipinski definition) is 1. The van der Waals surface area contributed by atoms with Crippen molar-refractivity contribution in [2.75, 3.05) is 59.9 Å². The summed E-state index contributed by atoms with van der Waals surface area (Å²) in [5.74, 6) is 0.999. The average molecular weight is 386 g/mol. The van der Waals surface area contributed by atoms with Gasteiger partial charge in [0.05, 0.1) is 0 Å². The molecule has 156 valence electrons. The summed E-state index contributed by atoms with van der Waals surface area (Å²) in [5, 5.41) is 3.49. The van der Waals surface area contributed by atoms with Crippen LogP contribution in [0.2, 0.25) is 0 Å². The van der Waals surface area contributed by atoms with Crippen LogP contribution in [0, 0.1) is 0 Å². The number of guanidine groups is 1. The van der Waals surface area contributed by atoms with Crippen LogP contribution in [0.3, 0.4) is 0 Å². The van der Waals surface area contributed by atoms with Crippen molar-refractivity contribution in [3.05, 3.63) is 48.6 Å². The lowest BCUT2D eigenvalue weighted by molar-refractivity contribution is 0.126. The van der Waals surface area contributed by atoms with Crippen molar-refractivity contribution in [2.45, 2.75) is 32.2 Å². The molecule has 0 saturated carbocycles. The molecule has 28 heavy (non-hydrogen) atoms. The maximum Gasteiger partial charge on any atom is 0.193 e. The van der Waals surface area contributed by atoms with E-state index in [1.807, 2.05) is 13.1 Å². The molecule has 1 aliphatic rings. The fourth-order valence-electron chi connectivity index (χ4n) is 3.64. The molecule has 1 saturated heterocycles. The van der Waals surface area contributed by atoms with Crippen molar-refractivity contribution < 1.29 is 0 Å². The number of nitrogens with one attached hydrogen (secondary N) is 1. The molecule has 1 heterocycles. The number of piperazine rings is 1. The van der Waals surface area contributed by atoms with Crippen molar-refractivity contribution >= 4 is 5.96 Å². The van der Waals surface area contributed by atoms with Gasteiger partial charge in [-0.15, -0.1) is 6.58 Å². The lowest BCUT2D eigenvalue weighted by atomic mass is 10.2. The van der Waals surface area contributed by atoms with Crippen molar-refractivity contribution in [1.29, 1.82) is 0 Å². The molecule has 1 aliphatic heterocycles. The second-order valence-electron chi connectivity index (χ2n) is 7.64. The molecule has 0 bridgehead atoms. The third kappa shape index (κ3) is 8.44. The van der Waals surface area contributed by atoms with Crippen LogP contribution >= 0.6 is 0 Å².